The molecule has 4 N–H and O–H groups in total. The lowest BCUT2D eigenvalue weighted by Gasteiger charge is -2.31. The fourth-order valence-electron chi connectivity index (χ4n) is 2.46. The zero-order valence-corrected chi connectivity index (χ0v) is 17.5. The summed E-state index contributed by atoms with van der Waals surface area (Å²) < 4.78 is 0. The summed E-state index contributed by atoms with van der Waals surface area (Å²) in [5.74, 6) is 1.56. The predicted octanol–water partition coefficient (Wildman–Crippen LogP) is 0.379. The lowest BCUT2D eigenvalue weighted by molar-refractivity contribution is -0.137. The molecule has 1 aliphatic heterocycles. The molecule has 0 saturated carbocycles. The van der Waals surface area contributed by atoms with Gasteiger partial charge in [0.1, 0.15) is 20.2 Å². The molecule has 0 bridgehead atoms. The molecule has 1 fully saturated rings. The number of amides is 3. The van der Waals surface area contributed by atoms with E-state index in [2.05, 4.69) is 50.6 Å². The van der Waals surface area contributed by atoms with Crippen molar-refractivity contribution in [1.29, 1.82) is 0 Å². The minimum absolute atomic E-state index is 0.0907. The zero-order valence-electron chi connectivity index (χ0n) is 16.5. The molecule has 0 aromatic rings. The molecule has 146 valence electrons. The third-order valence-electron chi connectivity index (χ3n) is 5.23. The molecule has 7 nitrogen and oxygen atoms in total. The van der Waals surface area contributed by atoms with E-state index in [1.54, 1.807) is 0 Å². The van der Waals surface area contributed by atoms with E-state index in [0.717, 1.165) is 0 Å². The van der Waals surface area contributed by atoms with E-state index in [-0.39, 0.29) is 30.3 Å². The van der Waals surface area contributed by atoms with Crippen molar-refractivity contribution in [3.63, 3.8) is 0 Å². The molecule has 1 rings (SSSR count). The molecule has 3 amide bonds. The second-order valence-corrected chi connectivity index (χ2v) is 13.4. The van der Waals surface area contributed by atoms with Crippen molar-refractivity contribution in [2.45, 2.75) is 76.9 Å². The number of carbonyl (C=O) groups excluding carboxylic acids is 3. The minimum Gasteiger partial charge on any atom is -0.391 e. The van der Waals surface area contributed by atoms with Gasteiger partial charge < -0.3 is 21.1 Å². The molecule has 0 aromatic heterocycles. The molecule has 0 radical (unpaired) electrons. The quantitative estimate of drug-likeness (QED) is 0.482. The van der Waals surface area contributed by atoms with Gasteiger partial charge in [0.2, 0.25) is 17.7 Å². The Morgan fingerprint density at radius 2 is 1.92 bits per heavy atom. The second-order valence-electron chi connectivity index (χ2n) is 8.42. The number of aliphatic hydroxyl groups excluding tert-OH is 1. The van der Waals surface area contributed by atoms with E-state index < -0.39 is 38.1 Å². The summed E-state index contributed by atoms with van der Waals surface area (Å²) in [5, 5.41) is 12.4. The SMILES string of the molecule is CC(=O)N1C[C@H](O)C[C@H]1C(=O)N[C@H](CC#C[Si](C)(C)C(C)(C)C)C(N)=O. The smallest absolute Gasteiger partial charge is 0.243 e. The Kier molecular flexibility index (Phi) is 7.02. The van der Waals surface area contributed by atoms with Gasteiger partial charge in [-0.3, -0.25) is 14.4 Å². The minimum atomic E-state index is -1.82. The number of aliphatic hydroxyl groups is 1. The number of nitrogens with zero attached hydrogens (tertiary/aromatic N) is 1. The highest BCUT2D eigenvalue weighted by molar-refractivity contribution is 6.87. The maximum atomic E-state index is 12.5. The monoisotopic (exact) mass is 381 g/mol. The van der Waals surface area contributed by atoms with Crippen LogP contribution in [-0.4, -0.2) is 60.5 Å². The summed E-state index contributed by atoms with van der Waals surface area (Å²) in [6.45, 7) is 12.2. The van der Waals surface area contributed by atoms with Crippen molar-refractivity contribution < 1.29 is 19.5 Å². The van der Waals surface area contributed by atoms with Crippen LogP contribution in [0.2, 0.25) is 18.1 Å². The molecule has 1 heterocycles. The molecule has 26 heavy (non-hydrogen) atoms. The van der Waals surface area contributed by atoms with Crippen LogP contribution in [0.3, 0.4) is 0 Å². The van der Waals surface area contributed by atoms with Gasteiger partial charge in [-0.15, -0.1) is 11.5 Å². The molecule has 1 saturated heterocycles. The number of hydrogen-bond donors (Lipinski definition) is 3. The van der Waals surface area contributed by atoms with Crippen LogP contribution in [0.5, 0.6) is 0 Å². The number of β-amino-alcohol motifs (C(OH)–C–C–N with tert-alkyl or cyclic N) is 1. The Labute approximate surface area is 156 Å². The van der Waals surface area contributed by atoms with Gasteiger partial charge in [0, 0.05) is 26.3 Å². The molecule has 1 aliphatic rings. The zero-order chi connectivity index (χ0) is 20.3. The summed E-state index contributed by atoms with van der Waals surface area (Å²) in [6.07, 6.45) is -0.477. The van der Waals surface area contributed by atoms with Gasteiger partial charge in [-0.2, -0.15) is 0 Å². The predicted molar refractivity (Wildman–Crippen MR) is 103 cm³/mol. The van der Waals surface area contributed by atoms with Gasteiger partial charge in [0.15, 0.2) is 0 Å². The molecule has 0 spiro atoms. The van der Waals surface area contributed by atoms with Crippen molar-refractivity contribution in [2.24, 2.45) is 5.73 Å². The normalized spacial score (nSPS) is 21.6. The molecular formula is C18H31N3O4Si. The number of nitrogens with one attached hydrogen (secondary N) is 1. The number of primary amides is 1. The van der Waals surface area contributed by atoms with Crippen molar-refractivity contribution in [3.8, 4) is 11.5 Å². The van der Waals surface area contributed by atoms with Gasteiger partial charge in [-0.1, -0.05) is 33.9 Å². The van der Waals surface area contributed by atoms with Crippen molar-refractivity contribution in [2.75, 3.05) is 6.54 Å². The Hall–Kier alpha value is -1.85. The third-order valence-corrected chi connectivity index (χ3v) is 9.78. The number of nitrogens with two attached hydrogens (primary N) is 1. The van der Waals surface area contributed by atoms with E-state index in [9.17, 15) is 19.5 Å². The molecule has 0 unspecified atom stereocenters. The van der Waals surface area contributed by atoms with Crippen LogP contribution >= 0.6 is 0 Å². The Morgan fingerprint density at radius 1 is 1.35 bits per heavy atom. The summed E-state index contributed by atoms with van der Waals surface area (Å²) >= 11 is 0. The van der Waals surface area contributed by atoms with E-state index in [0.29, 0.717) is 0 Å². The highest BCUT2D eigenvalue weighted by atomic mass is 28.3. The number of carbonyl (C=O) groups is 3. The van der Waals surface area contributed by atoms with Crippen LogP contribution in [0.25, 0.3) is 0 Å². The van der Waals surface area contributed by atoms with Crippen LogP contribution in [0, 0.1) is 11.5 Å². The van der Waals surface area contributed by atoms with Crippen LogP contribution in [0.4, 0.5) is 0 Å². The number of rotatable bonds is 4. The lowest BCUT2D eigenvalue weighted by atomic mass is 10.1. The van der Waals surface area contributed by atoms with Crippen LogP contribution in [0.1, 0.15) is 40.5 Å². The topological polar surface area (TPSA) is 113 Å². The fourth-order valence-corrected chi connectivity index (χ4v) is 3.38. The second kappa shape index (κ2) is 8.23. The number of likely N-dealkylation sites (tertiary alicyclic amines) is 1. The Bertz CT molecular complexity index is 631. The highest BCUT2D eigenvalue weighted by Crippen LogP contribution is 2.35. The average Bonchev–Trinajstić information content (AvgIpc) is 2.87. The van der Waals surface area contributed by atoms with E-state index in [1.807, 2.05) is 0 Å². The van der Waals surface area contributed by atoms with Gasteiger partial charge >= 0.3 is 0 Å². The molecule has 0 aromatic carbocycles. The average molecular weight is 382 g/mol. The van der Waals surface area contributed by atoms with Crippen molar-refractivity contribution in [3.05, 3.63) is 0 Å². The van der Waals surface area contributed by atoms with Crippen LogP contribution in [0.15, 0.2) is 0 Å². The van der Waals surface area contributed by atoms with Crippen molar-refractivity contribution >= 4 is 25.8 Å². The lowest BCUT2D eigenvalue weighted by Crippen LogP contribution is -2.51. The van der Waals surface area contributed by atoms with Gasteiger partial charge in [-0.05, 0) is 5.04 Å². The van der Waals surface area contributed by atoms with E-state index >= 15 is 0 Å². The molecule has 8 heteroatoms. The van der Waals surface area contributed by atoms with E-state index in [4.69, 9.17) is 5.73 Å². The van der Waals surface area contributed by atoms with Crippen molar-refractivity contribution in [1.82, 2.24) is 10.2 Å². The standard InChI is InChI=1S/C18H31N3O4Si/c1-12(22)21-11-13(23)10-15(21)17(25)20-14(16(19)24)8-7-9-26(5,6)18(2,3)4/h13-15,23H,8,10-11H2,1-6H3,(H2,19,24)(H,20,25)/t13-,14-,15+/m1/s1. The highest BCUT2D eigenvalue weighted by Gasteiger charge is 2.38. The largest absolute Gasteiger partial charge is 0.391 e. The molecular weight excluding hydrogens is 350 g/mol. The Balaban J connectivity index is 2.82. The maximum absolute atomic E-state index is 12.5. The van der Waals surface area contributed by atoms with Gasteiger partial charge in [-0.25, -0.2) is 0 Å². The first-order valence-corrected chi connectivity index (χ1v) is 11.8. The summed E-state index contributed by atoms with van der Waals surface area (Å²) in [6, 6.07) is -1.72. The first-order chi connectivity index (χ1) is 11.8. The van der Waals surface area contributed by atoms with Gasteiger partial charge in [0.05, 0.1) is 6.10 Å². The first kappa shape index (κ1) is 22.2. The van der Waals surface area contributed by atoms with E-state index in [1.165, 1.54) is 11.8 Å². The Morgan fingerprint density at radius 3 is 2.38 bits per heavy atom. The maximum Gasteiger partial charge on any atom is 0.243 e. The number of hydrogen-bond acceptors (Lipinski definition) is 4. The summed E-state index contributed by atoms with van der Waals surface area (Å²) in [5.41, 5.74) is 8.69. The van der Waals surface area contributed by atoms with Crippen LogP contribution < -0.4 is 11.1 Å². The first-order valence-electron chi connectivity index (χ1n) is 8.81. The molecule has 3 atom stereocenters. The fraction of sp³-hybridized carbons (Fsp3) is 0.722. The van der Waals surface area contributed by atoms with Gasteiger partial charge in [0.25, 0.3) is 0 Å². The molecule has 0 aliphatic carbocycles. The third kappa shape index (κ3) is 5.58. The summed E-state index contributed by atoms with van der Waals surface area (Å²) in [4.78, 5) is 37.1. The van der Waals surface area contributed by atoms with Crippen LogP contribution in [-0.2, 0) is 14.4 Å². The summed E-state index contributed by atoms with van der Waals surface area (Å²) in [7, 11) is -1.82.